The third-order valence-electron chi connectivity index (χ3n) is 10.4. The number of ether oxygens (including phenoxy) is 1. The minimum absolute atomic E-state index is 0.0326. The molecule has 0 spiro atoms. The number of hydrogen-bond acceptors (Lipinski definition) is 8. The average Bonchev–Trinajstić information content (AvgIpc) is 3.68. The van der Waals surface area contributed by atoms with Crippen molar-refractivity contribution >= 4 is 39.1 Å². The summed E-state index contributed by atoms with van der Waals surface area (Å²) in [4.78, 5) is 35.2. The molecule has 2 aliphatic rings. The normalized spacial score (nSPS) is 15.9. The van der Waals surface area contributed by atoms with E-state index in [9.17, 15) is 23.1 Å². The molecule has 1 saturated carbocycles. The van der Waals surface area contributed by atoms with Crippen LogP contribution in [0.1, 0.15) is 131 Å². The molecular formula is C42H52N6O6S. The molecule has 1 unspecified atom stereocenters. The number of carboxylic acids is 1. The van der Waals surface area contributed by atoms with Crippen LogP contribution in [0.5, 0.6) is 11.5 Å². The van der Waals surface area contributed by atoms with Crippen LogP contribution >= 0.6 is 0 Å². The molecular weight excluding hydrogens is 717 g/mol. The van der Waals surface area contributed by atoms with Gasteiger partial charge in [0, 0.05) is 6.54 Å². The van der Waals surface area contributed by atoms with Crippen LogP contribution in [0.15, 0.2) is 89.0 Å². The second-order valence-corrected chi connectivity index (χ2v) is 16.2. The van der Waals surface area contributed by atoms with E-state index in [2.05, 4.69) is 28.4 Å². The maximum atomic E-state index is 14.6. The summed E-state index contributed by atoms with van der Waals surface area (Å²) in [6.07, 6.45) is 17.5. The summed E-state index contributed by atoms with van der Waals surface area (Å²) in [7, 11) is -4.16. The van der Waals surface area contributed by atoms with E-state index < -0.39 is 33.8 Å². The number of amidine groups is 1. The van der Waals surface area contributed by atoms with Gasteiger partial charge in [0.05, 0.1) is 11.4 Å². The summed E-state index contributed by atoms with van der Waals surface area (Å²) in [6, 6.07) is 19.9. The molecule has 2 N–H and O–H groups in total. The maximum absolute atomic E-state index is 14.6. The number of fused-ring (bicyclic) bond motifs is 1. The average molecular weight is 769 g/mol. The van der Waals surface area contributed by atoms with Crippen molar-refractivity contribution in [2.24, 2.45) is 4.99 Å². The highest BCUT2D eigenvalue weighted by atomic mass is 32.2. The summed E-state index contributed by atoms with van der Waals surface area (Å²) in [6.45, 7) is 2.28. The van der Waals surface area contributed by atoms with Crippen molar-refractivity contribution in [3.8, 4) is 11.5 Å². The maximum Gasteiger partial charge on any atom is 0.375 e. The first kappa shape index (κ1) is 39.6. The first-order chi connectivity index (χ1) is 26.8. The zero-order valence-corrected chi connectivity index (χ0v) is 32.4. The number of nitrogens with zero attached hydrogens (tertiary/aromatic N) is 5. The number of aromatic carboxylic acids is 1. The highest BCUT2D eigenvalue weighted by Gasteiger charge is 2.41. The molecule has 1 aromatic heterocycles. The lowest BCUT2D eigenvalue weighted by Gasteiger charge is -2.33. The number of hydrogen-bond donors (Lipinski definition) is 2. The van der Waals surface area contributed by atoms with E-state index in [1.807, 2.05) is 24.3 Å². The van der Waals surface area contributed by atoms with E-state index >= 15 is 0 Å². The summed E-state index contributed by atoms with van der Waals surface area (Å²) in [5, 5.41) is 16.7. The van der Waals surface area contributed by atoms with Crippen LogP contribution in [-0.2, 0) is 14.8 Å². The van der Waals surface area contributed by atoms with Crippen LogP contribution in [-0.4, -0.2) is 56.9 Å². The fourth-order valence-corrected chi connectivity index (χ4v) is 9.14. The number of para-hydroxylation sites is 4. The van der Waals surface area contributed by atoms with E-state index in [0.717, 1.165) is 55.1 Å². The van der Waals surface area contributed by atoms with Gasteiger partial charge >= 0.3 is 5.97 Å². The number of nitrogens with one attached hydrogen (secondary N) is 1. The van der Waals surface area contributed by atoms with E-state index in [1.54, 1.807) is 36.4 Å². The van der Waals surface area contributed by atoms with Gasteiger partial charge in [-0.1, -0.05) is 126 Å². The zero-order valence-electron chi connectivity index (χ0n) is 31.6. The number of sulfonamides is 1. The Labute approximate surface area is 324 Å². The number of rotatable bonds is 19. The molecule has 0 saturated heterocycles. The number of unbranched alkanes of at least 4 members (excludes halogenated alkanes) is 9. The predicted octanol–water partition coefficient (Wildman–Crippen LogP) is 9.65. The highest BCUT2D eigenvalue weighted by Crippen LogP contribution is 2.41. The van der Waals surface area contributed by atoms with Crippen molar-refractivity contribution in [1.82, 2.24) is 19.1 Å². The van der Waals surface area contributed by atoms with Gasteiger partial charge in [0.25, 0.3) is 21.8 Å². The molecule has 1 fully saturated rings. The third kappa shape index (κ3) is 9.80. The quantitative estimate of drug-likeness (QED) is 0.0894. The van der Waals surface area contributed by atoms with Gasteiger partial charge in [-0.3, -0.25) is 9.10 Å². The Balaban J connectivity index is 1.29. The minimum atomic E-state index is -4.16. The number of aromatic nitrogens is 3. The lowest BCUT2D eigenvalue weighted by atomic mass is 9.84. The minimum Gasteiger partial charge on any atom is -0.475 e. The molecule has 1 amide bonds. The van der Waals surface area contributed by atoms with Crippen molar-refractivity contribution in [2.45, 2.75) is 120 Å². The summed E-state index contributed by atoms with van der Waals surface area (Å²) in [5.41, 5.74) is 1.64. The molecule has 1 aliphatic heterocycles. The lowest BCUT2D eigenvalue weighted by molar-refractivity contribution is -0.117. The topological polar surface area (TPSA) is 156 Å². The Morgan fingerprint density at radius 2 is 1.47 bits per heavy atom. The number of carbonyl (C=O) groups is 2. The molecule has 2 heterocycles. The van der Waals surface area contributed by atoms with Gasteiger partial charge in [0.15, 0.2) is 17.6 Å². The highest BCUT2D eigenvalue weighted by molar-refractivity contribution is 7.90. The summed E-state index contributed by atoms with van der Waals surface area (Å²) < 4.78 is 37.4. The van der Waals surface area contributed by atoms with Crippen molar-refractivity contribution in [3.05, 3.63) is 90.5 Å². The van der Waals surface area contributed by atoms with Gasteiger partial charge in [0.1, 0.15) is 17.0 Å². The fraction of sp³-hybridized carbons (Fsp3) is 0.452. The fourth-order valence-electron chi connectivity index (χ4n) is 7.52. The number of carboxylic acid groups (broad SMARTS) is 1. The zero-order chi connectivity index (χ0) is 38.6. The van der Waals surface area contributed by atoms with Gasteiger partial charge in [-0.05, 0) is 61.1 Å². The molecule has 292 valence electrons. The van der Waals surface area contributed by atoms with Crippen LogP contribution in [0, 0.1) is 0 Å². The number of benzene rings is 3. The molecule has 55 heavy (non-hydrogen) atoms. The van der Waals surface area contributed by atoms with Crippen molar-refractivity contribution in [2.75, 3.05) is 11.9 Å². The van der Waals surface area contributed by atoms with Crippen LogP contribution in [0.25, 0.3) is 0 Å². The number of carbonyl (C=O) groups excluding carboxylic acids is 1. The molecule has 6 rings (SSSR count). The van der Waals surface area contributed by atoms with Crippen molar-refractivity contribution < 1.29 is 27.9 Å². The standard InChI is InChI=1S/C42H52N6O6S/c1-2-3-4-5-6-7-8-9-10-20-29-48-40(44-34-25-16-19-28-37(34)55(48,52)53)38(47-30-43-39(46-47)42(50)51)41(49)45-33-24-15-18-27-36(33)54-35-26-17-14-23-32(35)31-21-12-11-13-22-31/h14-19,23-28,30-31,38H,2-13,20-22,29H2,1H3,(H,45,49)(H,50,51). The van der Waals surface area contributed by atoms with Gasteiger partial charge in [-0.2, -0.15) is 0 Å². The smallest absolute Gasteiger partial charge is 0.375 e. The molecule has 1 atom stereocenters. The molecule has 0 radical (unpaired) electrons. The van der Waals surface area contributed by atoms with Crippen LogP contribution < -0.4 is 10.1 Å². The molecule has 0 bridgehead atoms. The van der Waals surface area contributed by atoms with E-state index in [4.69, 9.17) is 9.73 Å². The summed E-state index contributed by atoms with van der Waals surface area (Å²) >= 11 is 0. The number of aliphatic imine (C=N–C) groups is 1. The predicted molar refractivity (Wildman–Crippen MR) is 213 cm³/mol. The van der Waals surface area contributed by atoms with Crippen molar-refractivity contribution in [1.29, 1.82) is 0 Å². The van der Waals surface area contributed by atoms with Gasteiger partial charge in [-0.25, -0.2) is 27.9 Å². The van der Waals surface area contributed by atoms with Crippen LogP contribution in [0.2, 0.25) is 0 Å². The first-order valence-electron chi connectivity index (χ1n) is 19.8. The number of anilines is 1. The van der Waals surface area contributed by atoms with E-state index in [1.165, 1.54) is 61.7 Å². The Bertz CT molecular complexity index is 2060. The monoisotopic (exact) mass is 768 g/mol. The molecule has 1 aliphatic carbocycles. The number of amides is 1. The molecule has 12 nitrogen and oxygen atoms in total. The van der Waals surface area contributed by atoms with Gasteiger partial charge < -0.3 is 15.2 Å². The van der Waals surface area contributed by atoms with Gasteiger partial charge in [0.2, 0.25) is 0 Å². The van der Waals surface area contributed by atoms with Gasteiger partial charge in [-0.15, -0.1) is 5.10 Å². The third-order valence-corrected chi connectivity index (χ3v) is 12.3. The second-order valence-electron chi connectivity index (χ2n) is 14.4. The molecule has 4 aromatic rings. The Hall–Kier alpha value is -5.04. The van der Waals surface area contributed by atoms with Crippen molar-refractivity contribution in [3.63, 3.8) is 0 Å². The second kappa shape index (κ2) is 19.0. The molecule has 13 heteroatoms. The molecule has 3 aromatic carbocycles. The first-order valence-corrected chi connectivity index (χ1v) is 21.2. The Kier molecular flexibility index (Phi) is 13.7. The van der Waals surface area contributed by atoms with Crippen LogP contribution in [0.3, 0.4) is 0 Å². The SMILES string of the molecule is CCCCCCCCCCCCN1C(C(C(=O)Nc2ccccc2Oc2ccccc2C2CCCCC2)n2cnc(C(=O)O)n2)=Nc2ccccc2S1(=O)=O. The Morgan fingerprint density at radius 3 is 2.18 bits per heavy atom. The lowest BCUT2D eigenvalue weighted by Crippen LogP contribution is -2.47. The largest absolute Gasteiger partial charge is 0.475 e. The van der Waals surface area contributed by atoms with E-state index in [0.29, 0.717) is 29.5 Å². The van der Waals surface area contributed by atoms with Crippen LogP contribution in [0.4, 0.5) is 11.4 Å². The Morgan fingerprint density at radius 1 is 0.836 bits per heavy atom. The van der Waals surface area contributed by atoms with E-state index in [-0.39, 0.29) is 23.0 Å². The summed E-state index contributed by atoms with van der Waals surface area (Å²) in [5.74, 6) is -1.25.